The van der Waals surface area contributed by atoms with Crippen LogP contribution in [0.2, 0.25) is 0 Å². The molecule has 0 radical (unpaired) electrons. The lowest BCUT2D eigenvalue weighted by molar-refractivity contribution is 1.01. The van der Waals surface area contributed by atoms with Crippen LogP contribution in [0.5, 0.6) is 0 Å². The van der Waals surface area contributed by atoms with Gasteiger partial charge in [0.2, 0.25) is 0 Å². The maximum Gasteiger partial charge on any atom is 0.144 e. The molecule has 12 heteroatoms. The predicted molar refractivity (Wildman–Crippen MR) is 309 cm³/mol. The van der Waals surface area contributed by atoms with Gasteiger partial charge in [-0.05, 0) is 86.3 Å². The average Bonchev–Trinajstić information content (AvgIpc) is 3.67. The summed E-state index contributed by atoms with van der Waals surface area (Å²) in [7, 11) is 0. The van der Waals surface area contributed by atoms with Crippen molar-refractivity contribution in [3.63, 3.8) is 0 Å². The van der Waals surface area contributed by atoms with Crippen molar-refractivity contribution in [2.24, 2.45) is 0 Å². The highest BCUT2D eigenvalue weighted by Gasteiger charge is 2.31. The van der Waals surface area contributed by atoms with Gasteiger partial charge in [0.25, 0.3) is 0 Å². The van der Waals surface area contributed by atoms with Gasteiger partial charge in [-0.15, -0.1) is 0 Å². The van der Waals surface area contributed by atoms with E-state index in [2.05, 4.69) is 225 Å². The van der Waals surface area contributed by atoms with Gasteiger partial charge in [-0.25, -0.2) is 39.9 Å². The molecule has 370 valence electrons. The quantitative estimate of drug-likeness (QED) is 0.0858. The molecule has 0 aliphatic heterocycles. The molecule has 0 aliphatic rings. The molecule has 0 saturated carbocycles. The van der Waals surface area contributed by atoms with Gasteiger partial charge in [-0.2, -0.15) is 0 Å². The molecule has 8 aromatic carbocycles. The largest absolute Gasteiger partial charge is 0.294 e. The monoisotopic (exact) mass is 990 g/mol. The summed E-state index contributed by atoms with van der Waals surface area (Å²) in [5.74, 6) is 3.19. The normalized spacial score (nSPS) is 11.4. The number of rotatable bonds is 16. The molecular formula is C64H54N12. The van der Waals surface area contributed by atoms with Gasteiger partial charge in [0.1, 0.15) is 48.6 Å². The molecule has 0 aliphatic carbocycles. The van der Waals surface area contributed by atoms with E-state index in [1.807, 2.05) is 24.8 Å². The van der Waals surface area contributed by atoms with Crippen LogP contribution in [0, 0.1) is 0 Å². The summed E-state index contributed by atoms with van der Waals surface area (Å²) in [6.45, 7) is 8.62. The van der Waals surface area contributed by atoms with E-state index in [9.17, 15) is 0 Å². The van der Waals surface area contributed by atoms with Gasteiger partial charge in [0.05, 0.1) is 22.7 Å². The third kappa shape index (κ3) is 8.30. The van der Waals surface area contributed by atoms with Crippen LogP contribution in [-0.2, 0) is 25.7 Å². The molecule has 4 aromatic heterocycles. The number of aryl methyl sites for hydroxylation is 4. The molecule has 12 aromatic rings. The van der Waals surface area contributed by atoms with Crippen molar-refractivity contribution in [2.75, 3.05) is 19.6 Å². The van der Waals surface area contributed by atoms with Crippen LogP contribution in [-0.4, -0.2) is 39.9 Å². The molecule has 0 amide bonds. The first-order valence-electron chi connectivity index (χ1n) is 25.9. The molecule has 0 atom stereocenters. The Balaban J connectivity index is 1.32. The van der Waals surface area contributed by atoms with Gasteiger partial charge in [-0.3, -0.25) is 19.6 Å². The number of nitrogens with zero attached hydrogens (tertiary/aromatic N) is 12. The van der Waals surface area contributed by atoms with Crippen molar-refractivity contribution in [1.82, 2.24) is 39.9 Å². The Morgan fingerprint density at radius 1 is 0.289 bits per heavy atom. The van der Waals surface area contributed by atoms with E-state index in [0.29, 0.717) is 0 Å². The van der Waals surface area contributed by atoms with E-state index < -0.39 is 0 Å². The molecule has 0 unspecified atom stereocenters. The van der Waals surface area contributed by atoms with E-state index >= 15 is 0 Å². The minimum atomic E-state index is 0.720. The van der Waals surface area contributed by atoms with Crippen molar-refractivity contribution < 1.29 is 0 Å². The smallest absolute Gasteiger partial charge is 0.144 e. The second-order valence-electron chi connectivity index (χ2n) is 18.5. The topological polar surface area (TPSA) is 116 Å². The Hall–Kier alpha value is -9.68. The highest BCUT2D eigenvalue weighted by molar-refractivity contribution is 6.33. The van der Waals surface area contributed by atoms with Gasteiger partial charge in [-0.1, -0.05) is 125 Å². The van der Waals surface area contributed by atoms with Crippen LogP contribution in [0.4, 0.5) is 68.8 Å². The SMILES string of the molecule is CCc1cncnc1N(c1ccccc1)c1cc(N(c2ccccc2)c2ncncc2CC)c2ccc3c(N(c4ccccc4)c4ncncc4CC)cc(N(c4ccccc4)c4ncncc4CC)c4ccc1c2c43. The summed E-state index contributed by atoms with van der Waals surface area (Å²) in [6.07, 6.45) is 17.2. The third-order valence-electron chi connectivity index (χ3n) is 14.3. The van der Waals surface area contributed by atoms with Crippen LogP contribution in [0.15, 0.2) is 208 Å². The van der Waals surface area contributed by atoms with Crippen LogP contribution in [0.1, 0.15) is 49.9 Å². The van der Waals surface area contributed by atoms with Crippen molar-refractivity contribution in [2.45, 2.75) is 53.4 Å². The van der Waals surface area contributed by atoms with Gasteiger partial charge >= 0.3 is 0 Å². The molecular weight excluding hydrogens is 937 g/mol. The van der Waals surface area contributed by atoms with E-state index in [-0.39, 0.29) is 0 Å². The molecule has 0 saturated heterocycles. The van der Waals surface area contributed by atoms with E-state index in [1.54, 1.807) is 25.3 Å². The highest BCUT2D eigenvalue weighted by Crippen LogP contribution is 2.55. The lowest BCUT2D eigenvalue weighted by Crippen LogP contribution is -2.19. The van der Waals surface area contributed by atoms with Gasteiger partial charge in [0, 0.05) is 102 Å². The maximum absolute atomic E-state index is 5.11. The summed E-state index contributed by atoms with van der Waals surface area (Å²) in [5.41, 5.74) is 11.6. The zero-order valence-electron chi connectivity index (χ0n) is 42.8. The number of anilines is 12. The third-order valence-corrected chi connectivity index (χ3v) is 14.3. The average molecular weight is 991 g/mol. The number of benzene rings is 8. The van der Waals surface area contributed by atoms with Gasteiger partial charge < -0.3 is 0 Å². The first-order chi connectivity index (χ1) is 37.6. The molecule has 4 heterocycles. The van der Waals surface area contributed by atoms with Crippen LogP contribution in [0.3, 0.4) is 0 Å². The number of hydrogen-bond acceptors (Lipinski definition) is 12. The van der Waals surface area contributed by atoms with E-state index in [1.165, 1.54) is 0 Å². The zero-order chi connectivity index (χ0) is 51.5. The Morgan fingerprint density at radius 3 is 0.724 bits per heavy atom. The Labute approximate surface area is 442 Å². The summed E-state index contributed by atoms with van der Waals surface area (Å²) in [5, 5.41) is 6.23. The lowest BCUT2D eigenvalue weighted by Gasteiger charge is -2.34. The number of para-hydroxylation sites is 4. The van der Waals surface area contributed by atoms with Crippen molar-refractivity contribution in [1.29, 1.82) is 0 Å². The summed E-state index contributed by atoms with van der Waals surface area (Å²) >= 11 is 0. The van der Waals surface area contributed by atoms with E-state index in [4.69, 9.17) is 19.9 Å². The van der Waals surface area contributed by atoms with Crippen molar-refractivity contribution >= 4 is 101 Å². The first kappa shape index (κ1) is 47.3. The van der Waals surface area contributed by atoms with Crippen LogP contribution >= 0.6 is 0 Å². The molecule has 0 fully saturated rings. The summed E-state index contributed by atoms with van der Waals surface area (Å²) < 4.78 is 0. The maximum atomic E-state index is 5.11. The Kier molecular flexibility index (Phi) is 12.9. The van der Waals surface area contributed by atoms with Crippen molar-refractivity contribution in [3.05, 3.63) is 230 Å². The van der Waals surface area contributed by atoms with Crippen molar-refractivity contribution in [3.8, 4) is 0 Å². The minimum absolute atomic E-state index is 0.720. The first-order valence-corrected chi connectivity index (χ1v) is 25.9. The Morgan fingerprint density at radius 2 is 0.513 bits per heavy atom. The predicted octanol–water partition coefficient (Wildman–Crippen LogP) is 15.9. The zero-order valence-corrected chi connectivity index (χ0v) is 42.8. The second kappa shape index (κ2) is 20.7. The molecule has 76 heavy (non-hydrogen) atoms. The molecule has 12 rings (SSSR count). The fourth-order valence-corrected chi connectivity index (χ4v) is 10.7. The summed E-state index contributed by atoms with van der Waals surface area (Å²) in [6, 6.07) is 55.9. The Bertz CT molecular complexity index is 3460. The van der Waals surface area contributed by atoms with E-state index in [0.717, 1.165) is 149 Å². The van der Waals surface area contributed by atoms with Crippen LogP contribution in [0.25, 0.3) is 32.3 Å². The molecule has 0 N–H and O–H groups in total. The minimum Gasteiger partial charge on any atom is -0.294 e. The molecule has 0 bridgehead atoms. The number of aromatic nitrogens is 8. The highest BCUT2D eigenvalue weighted by atomic mass is 15.2. The lowest BCUT2D eigenvalue weighted by atomic mass is 9.89. The van der Waals surface area contributed by atoms with Crippen LogP contribution < -0.4 is 19.6 Å². The summed E-state index contributed by atoms with van der Waals surface area (Å²) in [4.78, 5) is 47.9. The number of hydrogen-bond donors (Lipinski definition) is 0. The molecule has 0 spiro atoms. The second-order valence-corrected chi connectivity index (χ2v) is 18.5. The standard InChI is InChI=1S/C64H54N12/c1-5-43-35-65-39-69-61(43)73(47-21-13-9-14-22-47)55-33-56(74(48-23-15-10-16-24-48)62-44(6-2)36-66-40-70-62)52-31-32-54-58(76(50-27-19-12-20-28-50)64-46(8-4)38-68-42-72-64)34-57(53-30-29-51(55)59(52)60(53)54)75(49-25-17-11-18-26-49)63-45(7-3)37-67-41-71-63/h9-42H,5-8H2,1-4H3. The fourth-order valence-electron chi connectivity index (χ4n) is 10.7. The molecule has 12 nitrogen and oxygen atoms in total. The fraction of sp³-hybridized carbons (Fsp3) is 0.125. The van der Waals surface area contributed by atoms with Gasteiger partial charge in [0.15, 0.2) is 0 Å².